The first-order chi connectivity index (χ1) is 8.59. The molecule has 0 unspecified atom stereocenters. The van der Waals surface area contributed by atoms with Gasteiger partial charge in [-0.3, -0.25) is 9.89 Å². The van der Waals surface area contributed by atoms with Gasteiger partial charge in [-0.05, 0) is 11.6 Å². The van der Waals surface area contributed by atoms with Crippen molar-refractivity contribution in [2.24, 2.45) is 0 Å². The van der Waals surface area contributed by atoms with E-state index >= 15 is 0 Å². The number of nitrogens with two attached hydrogens (primary N) is 1. The molecule has 5 nitrogen and oxygen atoms in total. The van der Waals surface area contributed by atoms with Crippen LogP contribution < -0.4 is 5.73 Å². The molecular weight excluding hydrogens is 252 g/mol. The Bertz CT molecular complexity index is 567. The number of anilines is 1. The number of H-pyrrole nitrogens is 1. The molecule has 0 aliphatic rings. The molecule has 2 rings (SSSR count). The van der Waals surface area contributed by atoms with Gasteiger partial charge in [0.15, 0.2) is 0 Å². The van der Waals surface area contributed by atoms with E-state index in [1.165, 1.54) is 6.20 Å². The number of hydrogen-bond acceptors (Lipinski definition) is 3. The molecule has 0 saturated carbocycles. The monoisotopic (exact) mass is 264 g/mol. The van der Waals surface area contributed by atoms with Crippen LogP contribution in [-0.4, -0.2) is 28.1 Å². The van der Waals surface area contributed by atoms with Crippen LogP contribution in [0.4, 0.5) is 5.82 Å². The van der Waals surface area contributed by atoms with Crippen LogP contribution in [0.2, 0.25) is 5.02 Å². The topological polar surface area (TPSA) is 75.0 Å². The molecule has 0 bridgehead atoms. The number of aromatic nitrogens is 2. The molecule has 0 radical (unpaired) electrons. The van der Waals surface area contributed by atoms with E-state index in [4.69, 9.17) is 17.3 Å². The Labute approximate surface area is 110 Å². The van der Waals surface area contributed by atoms with Crippen molar-refractivity contribution < 1.29 is 4.79 Å². The highest BCUT2D eigenvalue weighted by Crippen LogP contribution is 2.18. The lowest BCUT2D eigenvalue weighted by molar-refractivity contribution is 0.0786. The van der Waals surface area contributed by atoms with E-state index in [0.29, 0.717) is 17.1 Å². The maximum absolute atomic E-state index is 12.1. The predicted molar refractivity (Wildman–Crippen MR) is 70.2 cm³/mol. The maximum atomic E-state index is 12.1. The summed E-state index contributed by atoms with van der Waals surface area (Å²) >= 11 is 6.05. The van der Waals surface area contributed by atoms with Crippen molar-refractivity contribution in [2.45, 2.75) is 6.54 Å². The molecule has 1 aromatic carbocycles. The van der Waals surface area contributed by atoms with Gasteiger partial charge in [0.1, 0.15) is 11.4 Å². The number of hydrogen-bond donors (Lipinski definition) is 2. The summed E-state index contributed by atoms with van der Waals surface area (Å²) in [6, 6.07) is 7.40. The van der Waals surface area contributed by atoms with Crippen LogP contribution in [0, 0.1) is 0 Å². The largest absolute Gasteiger partial charge is 0.383 e. The average molecular weight is 265 g/mol. The summed E-state index contributed by atoms with van der Waals surface area (Å²) in [6.45, 7) is 0.420. The predicted octanol–water partition coefficient (Wildman–Crippen LogP) is 1.92. The Balaban J connectivity index is 2.14. The Morgan fingerprint density at radius 1 is 1.50 bits per heavy atom. The van der Waals surface area contributed by atoms with Crippen LogP contribution >= 0.6 is 11.6 Å². The summed E-state index contributed by atoms with van der Waals surface area (Å²) in [5.74, 6) is 0.0761. The van der Waals surface area contributed by atoms with Crippen molar-refractivity contribution >= 4 is 23.3 Å². The van der Waals surface area contributed by atoms with Crippen LogP contribution in [0.5, 0.6) is 0 Å². The second-order valence-electron chi connectivity index (χ2n) is 3.95. The molecule has 0 spiro atoms. The minimum absolute atomic E-state index is 0.193. The van der Waals surface area contributed by atoms with Crippen molar-refractivity contribution in [1.82, 2.24) is 15.1 Å². The zero-order valence-corrected chi connectivity index (χ0v) is 10.6. The average Bonchev–Trinajstić information content (AvgIpc) is 2.77. The lowest BCUT2D eigenvalue weighted by Gasteiger charge is -2.17. The standard InChI is InChI=1S/C12H13ClN4O/c1-17(7-8-4-2-3-5-10(8)13)12(18)9-6-15-16-11(9)14/h2-6H,7H2,1H3,(H3,14,15,16). The van der Waals surface area contributed by atoms with E-state index in [-0.39, 0.29) is 11.7 Å². The van der Waals surface area contributed by atoms with E-state index < -0.39 is 0 Å². The lowest BCUT2D eigenvalue weighted by atomic mass is 10.2. The van der Waals surface area contributed by atoms with Crippen LogP contribution in [-0.2, 0) is 6.54 Å². The van der Waals surface area contributed by atoms with Gasteiger partial charge in [0.05, 0.1) is 6.20 Å². The highest BCUT2D eigenvalue weighted by molar-refractivity contribution is 6.31. The first-order valence-corrected chi connectivity index (χ1v) is 5.75. The van der Waals surface area contributed by atoms with Crippen molar-refractivity contribution in [3.05, 3.63) is 46.6 Å². The summed E-state index contributed by atoms with van der Waals surface area (Å²) in [5, 5.41) is 6.90. The van der Waals surface area contributed by atoms with Gasteiger partial charge in [-0.25, -0.2) is 0 Å². The first kappa shape index (κ1) is 12.4. The molecule has 3 N–H and O–H groups in total. The molecule has 94 valence electrons. The lowest BCUT2D eigenvalue weighted by Crippen LogP contribution is -2.26. The number of nitrogens with zero attached hydrogens (tertiary/aromatic N) is 2. The molecule has 1 aromatic heterocycles. The molecule has 0 aliphatic heterocycles. The molecule has 1 amide bonds. The van der Waals surface area contributed by atoms with Gasteiger partial charge in [-0.1, -0.05) is 29.8 Å². The number of aromatic amines is 1. The molecule has 0 fully saturated rings. The molecule has 1 heterocycles. The third-order valence-electron chi connectivity index (χ3n) is 2.61. The van der Waals surface area contributed by atoms with Gasteiger partial charge >= 0.3 is 0 Å². The van der Waals surface area contributed by atoms with Crippen molar-refractivity contribution in [1.29, 1.82) is 0 Å². The van der Waals surface area contributed by atoms with Crippen molar-refractivity contribution in [3.63, 3.8) is 0 Å². The van der Waals surface area contributed by atoms with Crippen LogP contribution in [0.15, 0.2) is 30.5 Å². The van der Waals surface area contributed by atoms with E-state index in [1.807, 2.05) is 18.2 Å². The minimum Gasteiger partial charge on any atom is -0.383 e. The summed E-state index contributed by atoms with van der Waals surface area (Å²) in [4.78, 5) is 13.6. The fourth-order valence-electron chi connectivity index (χ4n) is 1.63. The SMILES string of the molecule is CN(Cc1ccccc1Cl)C(=O)c1cn[nH]c1N. The van der Waals surface area contributed by atoms with Crippen molar-refractivity contribution in [3.8, 4) is 0 Å². The molecular formula is C12H13ClN4O. The number of rotatable bonds is 3. The number of carbonyl (C=O) groups excluding carboxylic acids is 1. The summed E-state index contributed by atoms with van der Waals surface area (Å²) in [7, 11) is 1.69. The number of amides is 1. The second-order valence-corrected chi connectivity index (χ2v) is 4.36. The Kier molecular flexibility index (Phi) is 3.53. The van der Waals surface area contributed by atoms with E-state index in [0.717, 1.165) is 5.56 Å². The quantitative estimate of drug-likeness (QED) is 0.889. The van der Waals surface area contributed by atoms with Crippen LogP contribution in [0.25, 0.3) is 0 Å². The fraction of sp³-hybridized carbons (Fsp3) is 0.167. The van der Waals surface area contributed by atoms with Crippen LogP contribution in [0.3, 0.4) is 0 Å². The Morgan fingerprint density at radius 3 is 2.83 bits per heavy atom. The van der Waals surface area contributed by atoms with Gasteiger partial charge < -0.3 is 10.6 Å². The zero-order valence-electron chi connectivity index (χ0n) is 9.85. The third-order valence-corrected chi connectivity index (χ3v) is 2.98. The zero-order chi connectivity index (χ0) is 13.1. The normalized spacial score (nSPS) is 10.3. The number of halogens is 1. The highest BCUT2D eigenvalue weighted by Gasteiger charge is 2.17. The molecule has 0 saturated heterocycles. The number of benzene rings is 1. The highest BCUT2D eigenvalue weighted by atomic mass is 35.5. The minimum atomic E-state index is -0.193. The summed E-state index contributed by atoms with van der Waals surface area (Å²) < 4.78 is 0. The van der Waals surface area contributed by atoms with Gasteiger partial charge in [-0.15, -0.1) is 0 Å². The third kappa shape index (κ3) is 2.46. The van der Waals surface area contributed by atoms with Crippen LogP contribution in [0.1, 0.15) is 15.9 Å². The number of carbonyl (C=O) groups is 1. The van der Waals surface area contributed by atoms with Gasteiger partial charge in [0, 0.05) is 18.6 Å². The number of nitrogen functional groups attached to an aromatic ring is 1. The molecule has 18 heavy (non-hydrogen) atoms. The second kappa shape index (κ2) is 5.10. The van der Waals surface area contributed by atoms with Gasteiger partial charge in [0.25, 0.3) is 5.91 Å². The van der Waals surface area contributed by atoms with E-state index in [2.05, 4.69) is 10.2 Å². The van der Waals surface area contributed by atoms with E-state index in [1.54, 1.807) is 18.0 Å². The summed E-state index contributed by atoms with van der Waals surface area (Å²) in [5.41, 5.74) is 6.86. The Morgan fingerprint density at radius 2 is 2.22 bits per heavy atom. The molecule has 0 atom stereocenters. The number of nitrogens with one attached hydrogen (secondary N) is 1. The van der Waals surface area contributed by atoms with E-state index in [9.17, 15) is 4.79 Å². The smallest absolute Gasteiger partial charge is 0.259 e. The maximum Gasteiger partial charge on any atom is 0.259 e. The van der Waals surface area contributed by atoms with Gasteiger partial charge in [0.2, 0.25) is 0 Å². The first-order valence-electron chi connectivity index (χ1n) is 5.37. The Hall–Kier alpha value is -2.01. The molecule has 6 heteroatoms. The molecule has 2 aromatic rings. The molecule has 0 aliphatic carbocycles. The van der Waals surface area contributed by atoms with Gasteiger partial charge in [-0.2, -0.15) is 5.10 Å². The summed E-state index contributed by atoms with van der Waals surface area (Å²) in [6.07, 6.45) is 1.42. The van der Waals surface area contributed by atoms with Crippen molar-refractivity contribution in [2.75, 3.05) is 12.8 Å². The fourth-order valence-corrected chi connectivity index (χ4v) is 1.82.